The highest BCUT2D eigenvalue weighted by atomic mass is 32.2. The molecule has 0 spiro atoms. The van der Waals surface area contributed by atoms with Crippen molar-refractivity contribution in [2.24, 2.45) is 5.73 Å². The number of amides is 1. The van der Waals surface area contributed by atoms with E-state index in [1.807, 2.05) is 0 Å². The molecule has 3 rings (SSSR count). The van der Waals surface area contributed by atoms with Gasteiger partial charge in [0.1, 0.15) is 10.7 Å². The summed E-state index contributed by atoms with van der Waals surface area (Å²) in [5.74, 6) is 2.19. The van der Waals surface area contributed by atoms with Crippen molar-refractivity contribution in [3.05, 3.63) is 89.2 Å². The van der Waals surface area contributed by atoms with Crippen molar-refractivity contribution in [3.63, 3.8) is 0 Å². The molecule has 0 fully saturated rings. The van der Waals surface area contributed by atoms with E-state index in [0.29, 0.717) is 5.56 Å². The molecule has 0 saturated carbocycles. The number of carbonyl (C=O) groups excluding carboxylic acids is 1. The Kier molecular flexibility index (Phi) is 5.57. The number of rotatable bonds is 4. The molecular weight excluding hydrogens is 400 g/mol. The zero-order valence-corrected chi connectivity index (χ0v) is 15.5. The van der Waals surface area contributed by atoms with E-state index >= 15 is 0 Å². The Morgan fingerprint density at radius 3 is 2.38 bits per heavy atom. The van der Waals surface area contributed by atoms with Crippen LogP contribution in [0.2, 0.25) is 0 Å². The number of hydrogen-bond donors (Lipinski definition) is 2. The SMILES string of the molecule is NC(=O)c1ccc(C#Cc2c(F)ccc(NS(=O)(=O)c3cccnc3)c2F)cc1. The lowest BCUT2D eigenvalue weighted by Crippen LogP contribution is -2.14. The molecule has 3 aromatic rings. The number of halogens is 2. The predicted molar refractivity (Wildman–Crippen MR) is 102 cm³/mol. The van der Waals surface area contributed by atoms with Crippen LogP contribution in [-0.4, -0.2) is 19.3 Å². The summed E-state index contributed by atoms with van der Waals surface area (Å²) in [6.45, 7) is 0. The van der Waals surface area contributed by atoms with Crippen molar-refractivity contribution >= 4 is 21.6 Å². The zero-order chi connectivity index (χ0) is 21.0. The van der Waals surface area contributed by atoms with Crippen molar-refractivity contribution in [2.45, 2.75) is 4.90 Å². The first-order valence-electron chi connectivity index (χ1n) is 8.10. The van der Waals surface area contributed by atoms with Gasteiger partial charge in [-0.05, 0) is 48.5 Å². The highest BCUT2D eigenvalue weighted by Gasteiger charge is 2.19. The number of nitrogens with one attached hydrogen (secondary N) is 1. The second-order valence-electron chi connectivity index (χ2n) is 5.77. The van der Waals surface area contributed by atoms with Crippen molar-refractivity contribution in [2.75, 3.05) is 4.72 Å². The lowest BCUT2D eigenvalue weighted by molar-refractivity contribution is 0.100. The summed E-state index contributed by atoms with van der Waals surface area (Å²) in [6.07, 6.45) is 2.49. The Hall–Kier alpha value is -3.77. The summed E-state index contributed by atoms with van der Waals surface area (Å²) >= 11 is 0. The van der Waals surface area contributed by atoms with E-state index in [-0.39, 0.29) is 10.5 Å². The molecule has 1 heterocycles. The normalized spacial score (nSPS) is 10.7. The molecule has 0 aliphatic heterocycles. The molecule has 9 heteroatoms. The molecule has 1 aromatic heterocycles. The molecule has 0 radical (unpaired) electrons. The molecule has 3 N–H and O–H groups in total. The van der Waals surface area contributed by atoms with Crippen molar-refractivity contribution in [1.82, 2.24) is 4.98 Å². The third-order valence-electron chi connectivity index (χ3n) is 3.78. The molecule has 29 heavy (non-hydrogen) atoms. The van der Waals surface area contributed by atoms with Crippen LogP contribution in [0.1, 0.15) is 21.5 Å². The first-order chi connectivity index (χ1) is 13.8. The minimum absolute atomic E-state index is 0.175. The summed E-state index contributed by atoms with van der Waals surface area (Å²) in [5.41, 5.74) is 4.74. The molecule has 6 nitrogen and oxygen atoms in total. The van der Waals surface area contributed by atoms with Gasteiger partial charge in [0.05, 0.1) is 11.3 Å². The Morgan fingerprint density at radius 1 is 1.03 bits per heavy atom. The quantitative estimate of drug-likeness (QED) is 0.642. The first kappa shape index (κ1) is 20.0. The number of nitrogens with zero attached hydrogens (tertiary/aromatic N) is 1. The lowest BCUT2D eigenvalue weighted by atomic mass is 10.1. The van der Waals surface area contributed by atoms with Crippen LogP contribution in [0.15, 0.2) is 65.8 Å². The Balaban J connectivity index is 1.93. The van der Waals surface area contributed by atoms with Gasteiger partial charge in [0, 0.05) is 23.5 Å². The van der Waals surface area contributed by atoms with Crippen molar-refractivity contribution in [3.8, 4) is 11.8 Å². The topological polar surface area (TPSA) is 102 Å². The van der Waals surface area contributed by atoms with Crippen LogP contribution in [0.4, 0.5) is 14.5 Å². The molecule has 2 aromatic carbocycles. The fourth-order valence-corrected chi connectivity index (χ4v) is 3.33. The maximum absolute atomic E-state index is 14.7. The predicted octanol–water partition coefficient (Wildman–Crippen LogP) is 2.66. The number of sulfonamides is 1. The van der Waals surface area contributed by atoms with Gasteiger partial charge in [-0.1, -0.05) is 11.8 Å². The largest absolute Gasteiger partial charge is 0.366 e. The molecule has 0 atom stereocenters. The molecular formula is C20H13F2N3O3S. The van der Waals surface area contributed by atoms with Crippen LogP contribution < -0.4 is 10.5 Å². The van der Waals surface area contributed by atoms with Crippen LogP contribution in [0.25, 0.3) is 0 Å². The molecule has 0 unspecified atom stereocenters. The number of benzene rings is 2. The van der Waals surface area contributed by atoms with Gasteiger partial charge >= 0.3 is 0 Å². The van der Waals surface area contributed by atoms with E-state index in [1.54, 1.807) is 0 Å². The minimum atomic E-state index is -4.11. The standard InChI is InChI=1S/C20H13F2N3O3S/c21-17-9-10-18(25-29(27,28)15-2-1-11-24-12-15)19(22)16(17)8-5-13-3-6-14(7-4-13)20(23)26/h1-4,6-7,9-12,25H,(H2,23,26). The summed E-state index contributed by atoms with van der Waals surface area (Å²) in [7, 11) is -4.11. The smallest absolute Gasteiger partial charge is 0.263 e. The van der Waals surface area contributed by atoms with Gasteiger partial charge in [0.25, 0.3) is 10.0 Å². The number of hydrogen-bond acceptors (Lipinski definition) is 4. The maximum atomic E-state index is 14.7. The average Bonchev–Trinajstić information content (AvgIpc) is 2.71. The molecule has 146 valence electrons. The molecule has 0 saturated heterocycles. The number of primary amides is 1. The number of carbonyl (C=O) groups is 1. The molecule has 1 amide bonds. The maximum Gasteiger partial charge on any atom is 0.263 e. The van der Waals surface area contributed by atoms with Crippen LogP contribution in [0, 0.1) is 23.5 Å². The van der Waals surface area contributed by atoms with Gasteiger partial charge in [-0.2, -0.15) is 0 Å². The fraction of sp³-hybridized carbons (Fsp3) is 0. The zero-order valence-electron chi connectivity index (χ0n) is 14.7. The van der Waals surface area contributed by atoms with E-state index in [2.05, 4.69) is 21.5 Å². The molecule has 0 bridgehead atoms. The first-order valence-corrected chi connectivity index (χ1v) is 9.59. The van der Waals surface area contributed by atoms with Crippen molar-refractivity contribution in [1.29, 1.82) is 0 Å². The number of pyridine rings is 1. The molecule has 0 aliphatic rings. The van der Waals surface area contributed by atoms with Gasteiger partial charge in [-0.3, -0.25) is 14.5 Å². The monoisotopic (exact) mass is 413 g/mol. The van der Waals surface area contributed by atoms with Gasteiger partial charge in [-0.15, -0.1) is 0 Å². The average molecular weight is 413 g/mol. The minimum Gasteiger partial charge on any atom is -0.366 e. The van der Waals surface area contributed by atoms with E-state index in [9.17, 15) is 22.0 Å². The second kappa shape index (κ2) is 8.08. The summed E-state index contributed by atoms with van der Waals surface area (Å²) in [5, 5.41) is 0. The molecule has 0 aliphatic carbocycles. The van der Waals surface area contributed by atoms with E-state index < -0.39 is 38.8 Å². The highest BCUT2D eigenvalue weighted by molar-refractivity contribution is 7.92. The fourth-order valence-electron chi connectivity index (χ4n) is 2.31. The van der Waals surface area contributed by atoms with Gasteiger partial charge in [0.2, 0.25) is 5.91 Å². The van der Waals surface area contributed by atoms with E-state index in [4.69, 9.17) is 5.73 Å². The Bertz CT molecular complexity index is 1230. The third-order valence-corrected chi connectivity index (χ3v) is 5.13. The number of anilines is 1. The van der Waals surface area contributed by atoms with Crippen LogP contribution in [0.5, 0.6) is 0 Å². The number of nitrogens with two attached hydrogens (primary N) is 1. The van der Waals surface area contributed by atoms with Gasteiger partial charge < -0.3 is 5.73 Å². The summed E-state index contributed by atoms with van der Waals surface area (Å²) < 4.78 is 55.5. The highest BCUT2D eigenvalue weighted by Crippen LogP contribution is 2.23. The van der Waals surface area contributed by atoms with Gasteiger partial charge in [0.15, 0.2) is 5.82 Å². The van der Waals surface area contributed by atoms with E-state index in [1.165, 1.54) is 42.6 Å². The summed E-state index contributed by atoms with van der Waals surface area (Å²) in [4.78, 5) is 14.6. The van der Waals surface area contributed by atoms with E-state index in [0.717, 1.165) is 18.3 Å². The summed E-state index contributed by atoms with van der Waals surface area (Å²) in [6, 6.07) is 10.4. The second-order valence-corrected chi connectivity index (χ2v) is 7.45. The van der Waals surface area contributed by atoms with Crippen LogP contribution in [0.3, 0.4) is 0 Å². The lowest BCUT2D eigenvalue weighted by Gasteiger charge is -2.10. The van der Waals surface area contributed by atoms with Crippen LogP contribution >= 0.6 is 0 Å². The Labute approximate surface area is 165 Å². The Morgan fingerprint density at radius 2 is 1.76 bits per heavy atom. The van der Waals surface area contributed by atoms with Crippen LogP contribution in [-0.2, 0) is 10.0 Å². The number of aromatic nitrogens is 1. The van der Waals surface area contributed by atoms with Gasteiger partial charge in [-0.25, -0.2) is 17.2 Å². The third kappa shape index (κ3) is 4.56. The van der Waals surface area contributed by atoms with Crippen molar-refractivity contribution < 1.29 is 22.0 Å².